The highest BCUT2D eigenvalue weighted by molar-refractivity contribution is 5.75. The van der Waals surface area contributed by atoms with Crippen molar-refractivity contribution in [2.24, 2.45) is 5.11 Å². The van der Waals surface area contributed by atoms with Gasteiger partial charge in [0.1, 0.15) is 18.6 Å². The zero-order valence-corrected chi connectivity index (χ0v) is 10.8. The molecule has 2 rings (SSSR count). The molecule has 5 heteroatoms. The van der Waals surface area contributed by atoms with Gasteiger partial charge in [0, 0.05) is 16.0 Å². The number of hydrogen-bond acceptors (Lipinski definition) is 3. The summed E-state index contributed by atoms with van der Waals surface area (Å²) in [5.74, 6) is 0.617. The monoisotopic (exact) mass is 267 g/mol. The van der Waals surface area contributed by atoms with Crippen LogP contribution in [0.2, 0.25) is 0 Å². The van der Waals surface area contributed by atoms with Crippen molar-refractivity contribution >= 4 is 6.29 Å². The second-order valence-corrected chi connectivity index (χ2v) is 4.15. The molecule has 20 heavy (non-hydrogen) atoms. The Bertz CT molecular complexity index is 635. The highest BCUT2D eigenvalue weighted by Crippen LogP contribution is 2.22. The predicted molar refractivity (Wildman–Crippen MR) is 75.5 cm³/mol. The normalized spacial score (nSPS) is 9.60. The van der Waals surface area contributed by atoms with Crippen LogP contribution >= 0.6 is 0 Å². The van der Waals surface area contributed by atoms with E-state index in [2.05, 4.69) is 10.0 Å². The average Bonchev–Trinajstić information content (AvgIpc) is 2.52. The fourth-order valence-corrected chi connectivity index (χ4v) is 1.78. The Balaban J connectivity index is 2.17. The van der Waals surface area contributed by atoms with E-state index in [-0.39, 0.29) is 6.54 Å². The summed E-state index contributed by atoms with van der Waals surface area (Å²) >= 11 is 0. The zero-order chi connectivity index (χ0) is 14.2. The molecule has 0 bridgehead atoms. The summed E-state index contributed by atoms with van der Waals surface area (Å²) < 4.78 is 5.72. The van der Waals surface area contributed by atoms with E-state index in [1.165, 1.54) is 0 Å². The zero-order valence-electron chi connectivity index (χ0n) is 10.8. The highest BCUT2D eigenvalue weighted by Gasteiger charge is 2.05. The molecule has 0 aliphatic heterocycles. The van der Waals surface area contributed by atoms with E-state index in [1.807, 2.05) is 30.3 Å². The molecule has 0 saturated carbocycles. The van der Waals surface area contributed by atoms with Gasteiger partial charge in [0.05, 0.1) is 6.54 Å². The fourth-order valence-electron chi connectivity index (χ4n) is 1.78. The second kappa shape index (κ2) is 6.97. The number of rotatable bonds is 6. The lowest BCUT2D eigenvalue weighted by atomic mass is 10.1. The van der Waals surface area contributed by atoms with Crippen molar-refractivity contribution in [1.29, 1.82) is 0 Å². The Morgan fingerprint density at radius 1 is 1.20 bits per heavy atom. The number of nitrogens with zero attached hydrogens (tertiary/aromatic N) is 3. The van der Waals surface area contributed by atoms with E-state index < -0.39 is 0 Å². The van der Waals surface area contributed by atoms with Gasteiger partial charge >= 0.3 is 0 Å². The number of benzene rings is 2. The summed E-state index contributed by atoms with van der Waals surface area (Å²) in [5.41, 5.74) is 10.7. The van der Waals surface area contributed by atoms with Crippen molar-refractivity contribution in [2.45, 2.75) is 13.2 Å². The van der Waals surface area contributed by atoms with Crippen LogP contribution in [0.25, 0.3) is 10.4 Å². The minimum Gasteiger partial charge on any atom is -0.489 e. The number of ether oxygens (including phenoxy) is 1. The van der Waals surface area contributed by atoms with Crippen LogP contribution in [-0.4, -0.2) is 6.29 Å². The van der Waals surface area contributed by atoms with Crippen LogP contribution in [0.5, 0.6) is 5.75 Å². The molecule has 0 unspecified atom stereocenters. The molecule has 2 aromatic carbocycles. The Morgan fingerprint density at radius 2 is 2.00 bits per heavy atom. The van der Waals surface area contributed by atoms with Crippen molar-refractivity contribution in [2.75, 3.05) is 0 Å². The number of hydrogen-bond donors (Lipinski definition) is 0. The molecule has 0 aromatic heterocycles. The van der Waals surface area contributed by atoms with E-state index >= 15 is 0 Å². The minimum atomic E-state index is 0.155. The van der Waals surface area contributed by atoms with E-state index in [1.54, 1.807) is 18.2 Å². The van der Waals surface area contributed by atoms with Crippen molar-refractivity contribution in [3.63, 3.8) is 0 Å². The summed E-state index contributed by atoms with van der Waals surface area (Å²) in [4.78, 5) is 13.5. The summed E-state index contributed by atoms with van der Waals surface area (Å²) in [5, 5.41) is 3.52. The quantitative estimate of drug-likeness (QED) is 0.344. The first-order valence-corrected chi connectivity index (χ1v) is 6.09. The Hall–Kier alpha value is -2.78. The van der Waals surface area contributed by atoms with Gasteiger partial charge in [-0.25, -0.2) is 0 Å². The number of carbonyl (C=O) groups is 1. The van der Waals surface area contributed by atoms with E-state index in [4.69, 9.17) is 10.3 Å². The minimum absolute atomic E-state index is 0.155. The molecule has 0 atom stereocenters. The third kappa shape index (κ3) is 3.60. The maximum absolute atomic E-state index is 10.8. The molecule has 0 heterocycles. The van der Waals surface area contributed by atoms with Crippen molar-refractivity contribution in [3.05, 3.63) is 75.7 Å². The van der Waals surface area contributed by atoms with Gasteiger partial charge in [0.25, 0.3) is 0 Å². The Kier molecular flexibility index (Phi) is 4.76. The van der Waals surface area contributed by atoms with Crippen molar-refractivity contribution in [1.82, 2.24) is 0 Å². The van der Waals surface area contributed by atoms with Gasteiger partial charge in [-0.15, -0.1) is 0 Å². The third-order valence-corrected chi connectivity index (χ3v) is 2.76. The Morgan fingerprint density at radius 3 is 2.70 bits per heavy atom. The lowest BCUT2D eigenvalue weighted by Gasteiger charge is -2.10. The molecule has 5 nitrogen and oxygen atoms in total. The molecule has 0 fully saturated rings. The number of azide groups is 1. The fraction of sp³-hybridized carbons (Fsp3) is 0.133. The van der Waals surface area contributed by atoms with Gasteiger partial charge < -0.3 is 4.74 Å². The van der Waals surface area contributed by atoms with Gasteiger partial charge in [0.15, 0.2) is 0 Å². The molecule has 0 aliphatic carbocycles. The van der Waals surface area contributed by atoms with Crippen LogP contribution in [0.1, 0.15) is 21.5 Å². The first kappa shape index (κ1) is 13.6. The molecular weight excluding hydrogens is 254 g/mol. The van der Waals surface area contributed by atoms with Crippen LogP contribution in [0.15, 0.2) is 53.6 Å². The van der Waals surface area contributed by atoms with Gasteiger partial charge in [-0.05, 0) is 29.3 Å². The van der Waals surface area contributed by atoms with Crippen LogP contribution in [0.3, 0.4) is 0 Å². The van der Waals surface area contributed by atoms with E-state index in [0.29, 0.717) is 23.5 Å². The highest BCUT2D eigenvalue weighted by atomic mass is 16.5. The first-order valence-electron chi connectivity index (χ1n) is 6.09. The van der Waals surface area contributed by atoms with E-state index in [0.717, 1.165) is 11.8 Å². The Labute approximate surface area is 116 Å². The number of carbonyl (C=O) groups excluding carboxylic acids is 1. The van der Waals surface area contributed by atoms with Crippen molar-refractivity contribution in [3.8, 4) is 5.75 Å². The average molecular weight is 267 g/mol. The van der Waals surface area contributed by atoms with Crippen LogP contribution < -0.4 is 4.74 Å². The van der Waals surface area contributed by atoms with Gasteiger partial charge in [-0.3, -0.25) is 4.79 Å². The summed E-state index contributed by atoms with van der Waals surface area (Å²) in [6, 6.07) is 14.8. The smallest absolute Gasteiger partial charge is 0.150 e. The van der Waals surface area contributed by atoms with Gasteiger partial charge in [-0.2, -0.15) is 0 Å². The van der Waals surface area contributed by atoms with Crippen LogP contribution in [-0.2, 0) is 13.2 Å². The standard InChI is InChI=1S/C15H13N3O2/c16-18-17-9-14-8-13(10-19)6-7-15(14)20-11-12-4-2-1-3-5-12/h1-8,10H,9,11H2. The lowest BCUT2D eigenvalue weighted by molar-refractivity contribution is 0.112. The molecule has 2 aromatic rings. The molecular formula is C15H13N3O2. The molecule has 0 amide bonds. The predicted octanol–water partition coefficient (Wildman–Crippen LogP) is 3.89. The lowest BCUT2D eigenvalue weighted by Crippen LogP contribution is -1.99. The molecule has 0 saturated heterocycles. The van der Waals surface area contributed by atoms with Crippen LogP contribution in [0.4, 0.5) is 0 Å². The molecule has 100 valence electrons. The SMILES string of the molecule is [N-]=[N+]=NCc1cc(C=O)ccc1OCc1ccccc1. The topological polar surface area (TPSA) is 75.1 Å². The second-order valence-electron chi connectivity index (χ2n) is 4.15. The van der Waals surface area contributed by atoms with Gasteiger partial charge in [-0.1, -0.05) is 35.4 Å². The summed E-state index contributed by atoms with van der Waals surface area (Å²) in [6.45, 7) is 0.576. The molecule has 0 N–H and O–H groups in total. The summed E-state index contributed by atoms with van der Waals surface area (Å²) in [6.07, 6.45) is 0.751. The largest absolute Gasteiger partial charge is 0.489 e. The molecule has 0 spiro atoms. The third-order valence-electron chi connectivity index (χ3n) is 2.76. The van der Waals surface area contributed by atoms with Gasteiger partial charge in [0.2, 0.25) is 0 Å². The first-order chi connectivity index (χ1) is 9.83. The van der Waals surface area contributed by atoms with Crippen molar-refractivity contribution < 1.29 is 9.53 Å². The maximum atomic E-state index is 10.8. The molecule has 0 radical (unpaired) electrons. The maximum Gasteiger partial charge on any atom is 0.150 e. The molecule has 0 aliphatic rings. The summed E-state index contributed by atoms with van der Waals surface area (Å²) in [7, 11) is 0. The van der Waals surface area contributed by atoms with Crippen LogP contribution in [0, 0.1) is 0 Å². The van der Waals surface area contributed by atoms with E-state index in [9.17, 15) is 4.79 Å². The number of aldehydes is 1.